The fourth-order valence-electron chi connectivity index (χ4n) is 1.37. The Labute approximate surface area is 84.7 Å². The molecule has 0 saturated carbocycles. The zero-order chi connectivity index (χ0) is 9.68. The Morgan fingerprint density at radius 1 is 1.38 bits per heavy atom. The van der Waals surface area contributed by atoms with E-state index in [0.29, 0.717) is 5.05 Å². The smallest absolute Gasteiger partial charge is 0.166 e. The summed E-state index contributed by atoms with van der Waals surface area (Å²) in [5, 5.41) is 0.675. The molecule has 0 aliphatic heterocycles. The molecule has 0 aromatic heterocycles. The molecule has 0 N–H and O–H groups in total. The van der Waals surface area contributed by atoms with E-state index in [0.717, 1.165) is 6.42 Å². The molecule has 0 heterocycles. The molecule has 0 bridgehead atoms. The number of methoxy groups -OCH3 is 1. The minimum absolute atomic E-state index is 0.251. The summed E-state index contributed by atoms with van der Waals surface area (Å²) in [6, 6.07) is 10.2. The molecule has 13 heavy (non-hydrogen) atoms. The van der Waals surface area contributed by atoms with Crippen molar-refractivity contribution in [1.82, 2.24) is 0 Å². The minimum Gasteiger partial charge on any atom is -0.490 e. The minimum atomic E-state index is 0.251. The van der Waals surface area contributed by atoms with Crippen LogP contribution in [0.1, 0.15) is 24.8 Å². The Hall–Kier alpha value is -0.890. The third kappa shape index (κ3) is 2.52. The Kier molecular flexibility index (Phi) is 3.90. The Morgan fingerprint density at radius 3 is 2.46 bits per heavy atom. The largest absolute Gasteiger partial charge is 0.490 e. The number of ether oxygens (including phenoxy) is 1. The van der Waals surface area contributed by atoms with Gasteiger partial charge in [0, 0.05) is 0 Å². The highest BCUT2D eigenvalue weighted by molar-refractivity contribution is 7.80. The number of rotatable bonds is 3. The highest BCUT2D eigenvalue weighted by atomic mass is 32.1. The van der Waals surface area contributed by atoms with Crippen molar-refractivity contribution in [2.24, 2.45) is 0 Å². The molecule has 0 amide bonds. The van der Waals surface area contributed by atoms with Gasteiger partial charge in [-0.25, -0.2) is 0 Å². The van der Waals surface area contributed by atoms with Gasteiger partial charge in [-0.2, -0.15) is 0 Å². The van der Waals surface area contributed by atoms with E-state index in [9.17, 15) is 0 Å². The van der Waals surface area contributed by atoms with Gasteiger partial charge in [0.2, 0.25) is 0 Å². The van der Waals surface area contributed by atoms with E-state index in [1.807, 2.05) is 18.2 Å². The van der Waals surface area contributed by atoms with E-state index < -0.39 is 0 Å². The molecule has 1 nitrogen and oxygen atoms in total. The van der Waals surface area contributed by atoms with Crippen LogP contribution in [-0.2, 0) is 4.74 Å². The van der Waals surface area contributed by atoms with Gasteiger partial charge in [0.1, 0.15) is 0 Å². The van der Waals surface area contributed by atoms with Crippen LogP contribution >= 0.6 is 12.2 Å². The van der Waals surface area contributed by atoms with E-state index >= 15 is 0 Å². The van der Waals surface area contributed by atoms with Gasteiger partial charge in [-0.15, -0.1) is 0 Å². The first-order valence-corrected chi connectivity index (χ1v) is 4.83. The van der Waals surface area contributed by atoms with Crippen molar-refractivity contribution in [3.05, 3.63) is 35.9 Å². The molecule has 70 valence electrons. The SMILES string of the molecule is CCC(C(=S)OC)c1ccccc1. The normalized spacial score (nSPS) is 12.2. The van der Waals surface area contributed by atoms with Crippen LogP contribution in [0, 0.1) is 0 Å². The zero-order valence-corrected chi connectivity index (χ0v) is 8.80. The standard InChI is InChI=1S/C11H14OS/c1-3-10(11(13)12-2)9-7-5-4-6-8-9/h4-8,10H,3H2,1-2H3. The van der Waals surface area contributed by atoms with Crippen LogP contribution in [0.3, 0.4) is 0 Å². The summed E-state index contributed by atoms with van der Waals surface area (Å²) in [4.78, 5) is 0. The second-order valence-electron chi connectivity index (χ2n) is 2.89. The summed E-state index contributed by atoms with van der Waals surface area (Å²) >= 11 is 5.14. The van der Waals surface area contributed by atoms with Gasteiger partial charge in [0.25, 0.3) is 0 Å². The molecule has 1 unspecified atom stereocenters. The first-order chi connectivity index (χ1) is 6.29. The highest BCUT2D eigenvalue weighted by Gasteiger charge is 2.14. The van der Waals surface area contributed by atoms with Gasteiger partial charge in [0.05, 0.1) is 13.0 Å². The predicted octanol–water partition coefficient (Wildman–Crippen LogP) is 3.15. The van der Waals surface area contributed by atoms with Crippen molar-refractivity contribution in [2.75, 3.05) is 7.11 Å². The number of hydrogen-bond acceptors (Lipinski definition) is 2. The molecule has 0 saturated heterocycles. The second kappa shape index (κ2) is 4.97. The lowest BCUT2D eigenvalue weighted by atomic mass is 9.97. The quantitative estimate of drug-likeness (QED) is 0.684. The van der Waals surface area contributed by atoms with Crippen LogP contribution in [-0.4, -0.2) is 12.2 Å². The molecule has 2 heteroatoms. The third-order valence-electron chi connectivity index (χ3n) is 2.10. The van der Waals surface area contributed by atoms with Crippen LogP contribution in [0.15, 0.2) is 30.3 Å². The lowest BCUT2D eigenvalue weighted by molar-refractivity contribution is 0.392. The summed E-state index contributed by atoms with van der Waals surface area (Å²) < 4.78 is 5.09. The van der Waals surface area contributed by atoms with Gasteiger partial charge >= 0.3 is 0 Å². The van der Waals surface area contributed by atoms with Crippen LogP contribution in [0.25, 0.3) is 0 Å². The average Bonchev–Trinajstić information content (AvgIpc) is 2.20. The molecule has 1 rings (SSSR count). The van der Waals surface area contributed by atoms with Gasteiger partial charge in [-0.05, 0) is 24.2 Å². The first kappa shape index (κ1) is 10.2. The van der Waals surface area contributed by atoms with Gasteiger partial charge < -0.3 is 4.74 Å². The van der Waals surface area contributed by atoms with E-state index in [4.69, 9.17) is 17.0 Å². The number of thiocarbonyl (C=S) groups is 1. The van der Waals surface area contributed by atoms with Crippen molar-refractivity contribution in [2.45, 2.75) is 19.3 Å². The maximum Gasteiger partial charge on any atom is 0.166 e. The molecule has 0 fully saturated rings. The molecule has 1 aromatic rings. The number of benzene rings is 1. The Bertz CT molecular complexity index is 269. The monoisotopic (exact) mass is 194 g/mol. The van der Waals surface area contributed by atoms with Gasteiger partial charge in [0.15, 0.2) is 5.05 Å². The predicted molar refractivity (Wildman–Crippen MR) is 59.1 cm³/mol. The molecule has 0 radical (unpaired) electrons. The summed E-state index contributed by atoms with van der Waals surface area (Å²) in [6.07, 6.45) is 0.983. The average molecular weight is 194 g/mol. The third-order valence-corrected chi connectivity index (χ3v) is 2.55. The van der Waals surface area contributed by atoms with Crippen molar-refractivity contribution < 1.29 is 4.74 Å². The lowest BCUT2D eigenvalue weighted by Gasteiger charge is -2.14. The summed E-state index contributed by atoms with van der Waals surface area (Å²) in [6.45, 7) is 2.11. The Balaban J connectivity index is 2.85. The van der Waals surface area contributed by atoms with E-state index in [2.05, 4.69) is 19.1 Å². The van der Waals surface area contributed by atoms with Crippen LogP contribution in [0.2, 0.25) is 0 Å². The summed E-state index contributed by atoms with van der Waals surface area (Å²) in [7, 11) is 1.63. The molecule has 1 atom stereocenters. The summed E-state index contributed by atoms with van der Waals surface area (Å²) in [5.74, 6) is 0.251. The molecule has 1 aromatic carbocycles. The van der Waals surface area contributed by atoms with Crippen molar-refractivity contribution in [3.8, 4) is 0 Å². The van der Waals surface area contributed by atoms with Crippen molar-refractivity contribution in [3.63, 3.8) is 0 Å². The topological polar surface area (TPSA) is 9.23 Å². The Morgan fingerprint density at radius 2 is 2.00 bits per heavy atom. The molecular formula is C11H14OS. The van der Waals surface area contributed by atoms with Crippen LogP contribution in [0.5, 0.6) is 0 Å². The van der Waals surface area contributed by atoms with E-state index in [1.165, 1.54) is 5.56 Å². The fraction of sp³-hybridized carbons (Fsp3) is 0.364. The molecular weight excluding hydrogens is 180 g/mol. The molecule has 0 spiro atoms. The summed E-state index contributed by atoms with van der Waals surface area (Å²) in [5.41, 5.74) is 1.23. The second-order valence-corrected chi connectivity index (χ2v) is 3.30. The van der Waals surface area contributed by atoms with Crippen molar-refractivity contribution in [1.29, 1.82) is 0 Å². The fourth-order valence-corrected chi connectivity index (χ4v) is 1.67. The lowest BCUT2D eigenvalue weighted by Crippen LogP contribution is -2.10. The first-order valence-electron chi connectivity index (χ1n) is 4.42. The molecule has 0 aliphatic rings. The van der Waals surface area contributed by atoms with Gasteiger partial charge in [-0.3, -0.25) is 0 Å². The van der Waals surface area contributed by atoms with Crippen LogP contribution in [0.4, 0.5) is 0 Å². The molecule has 0 aliphatic carbocycles. The van der Waals surface area contributed by atoms with Gasteiger partial charge in [-0.1, -0.05) is 37.3 Å². The number of hydrogen-bond donors (Lipinski definition) is 0. The van der Waals surface area contributed by atoms with E-state index in [1.54, 1.807) is 7.11 Å². The van der Waals surface area contributed by atoms with Crippen molar-refractivity contribution >= 4 is 17.3 Å². The van der Waals surface area contributed by atoms with Crippen LogP contribution < -0.4 is 0 Å². The maximum atomic E-state index is 5.14. The zero-order valence-electron chi connectivity index (χ0n) is 7.99. The maximum absolute atomic E-state index is 5.14. The van der Waals surface area contributed by atoms with E-state index in [-0.39, 0.29) is 5.92 Å². The highest BCUT2D eigenvalue weighted by Crippen LogP contribution is 2.21.